The van der Waals surface area contributed by atoms with Crippen molar-refractivity contribution in [1.29, 1.82) is 0 Å². The predicted octanol–water partition coefficient (Wildman–Crippen LogP) is 3.30. The van der Waals surface area contributed by atoms with E-state index in [1.165, 1.54) is 11.3 Å². The highest BCUT2D eigenvalue weighted by molar-refractivity contribution is 7.17. The van der Waals surface area contributed by atoms with E-state index in [1.807, 2.05) is 25.1 Å². The minimum atomic E-state index is -0.291. The zero-order valence-corrected chi connectivity index (χ0v) is 15.1. The highest BCUT2D eigenvalue weighted by Gasteiger charge is 2.20. The number of hydrogen-bond acceptors (Lipinski definition) is 6. The molecule has 0 atom stereocenters. The van der Waals surface area contributed by atoms with Crippen LogP contribution < -0.4 is 4.74 Å². The number of aromatic nitrogens is 2. The van der Waals surface area contributed by atoms with Gasteiger partial charge >= 0.3 is 5.97 Å². The minimum Gasteiger partial charge on any atom is -0.496 e. The SMILES string of the molecule is CCOC(=O)Cc1cn2c(C=O)c(-c3cc(C)ccc3OC)nc2s1. The van der Waals surface area contributed by atoms with Crippen molar-refractivity contribution in [3.05, 3.63) is 40.5 Å². The number of esters is 1. The molecule has 3 rings (SSSR count). The standard InChI is InChI=1S/C18H18N2O4S/c1-4-24-16(22)8-12-9-20-14(10-21)17(19-18(20)25-12)13-7-11(2)5-6-15(13)23-3/h5-7,9-10H,4,8H2,1-3H3. The summed E-state index contributed by atoms with van der Waals surface area (Å²) in [5, 5.41) is 0. The zero-order chi connectivity index (χ0) is 18.0. The van der Waals surface area contributed by atoms with Crippen LogP contribution in [0.5, 0.6) is 5.75 Å². The number of ether oxygens (including phenoxy) is 2. The van der Waals surface area contributed by atoms with Crippen LogP contribution in [-0.2, 0) is 16.0 Å². The van der Waals surface area contributed by atoms with Crippen LogP contribution in [0.4, 0.5) is 0 Å². The molecule has 0 N–H and O–H groups in total. The van der Waals surface area contributed by atoms with Crippen LogP contribution in [0.1, 0.15) is 27.9 Å². The fourth-order valence-electron chi connectivity index (χ4n) is 2.66. The molecule has 0 aliphatic heterocycles. The molecule has 25 heavy (non-hydrogen) atoms. The summed E-state index contributed by atoms with van der Waals surface area (Å²) >= 11 is 1.37. The predicted molar refractivity (Wildman–Crippen MR) is 95.5 cm³/mol. The molecule has 0 unspecified atom stereocenters. The van der Waals surface area contributed by atoms with Crippen molar-refractivity contribution >= 4 is 28.6 Å². The van der Waals surface area contributed by atoms with Crippen LogP contribution in [0.2, 0.25) is 0 Å². The van der Waals surface area contributed by atoms with Gasteiger partial charge in [-0.3, -0.25) is 14.0 Å². The lowest BCUT2D eigenvalue weighted by Crippen LogP contribution is -2.06. The van der Waals surface area contributed by atoms with Crippen molar-refractivity contribution in [2.75, 3.05) is 13.7 Å². The lowest BCUT2D eigenvalue weighted by molar-refractivity contribution is -0.142. The van der Waals surface area contributed by atoms with Crippen molar-refractivity contribution in [3.8, 4) is 17.0 Å². The summed E-state index contributed by atoms with van der Waals surface area (Å²) in [5.74, 6) is 0.367. The van der Waals surface area contributed by atoms with Gasteiger partial charge in [-0.25, -0.2) is 4.98 Å². The molecule has 6 nitrogen and oxygen atoms in total. The monoisotopic (exact) mass is 358 g/mol. The van der Waals surface area contributed by atoms with E-state index in [4.69, 9.17) is 9.47 Å². The summed E-state index contributed by atoms with van der Waals surface area (Å²) in [6, 6.07) is 5.75. The molecule has 2 aromatic heterocycles. The highest BCUT2D eigenvalue weighted by Crippen LogP contribution is 2.34. The summed E-state index contributed by atoms with van der Waals surface area (Å²) in [7, 11) is 1.59. The number of aryl methyl sites for hydroxylation is 1. The van der Waals surface area contributed by atoms with Gasteiger partial charge in [-0.1, -0.05) is 11.6 Å². The Balaban J connectivity index is 2.07. The van der Waals surface area contributed by atoms with Gasteiger partial charge in [-0.15, -0.1) is 11.3 Å². The minimum absolute atomic E-state index is 0.170. The van der Waals surface area contributed by atoms with Crippen LogP contribution in [-0.4, -0.2) is 35.4 Å². The van der Waals surface area contributed by atoms with Gasteiger partial charge in [0.15, 0.2) is 11.2 Å². The first-order valence-corrected chi connectivity index (χ1v) is 8.65. The first-order valence-electron chi connectivity index (χ1n) is 7.84. The molecular formula is C18H18N2O4S. The molecule has 0 aliphatic rings. The van der Waals surface area contributed by atoms with Gasteiger partial charge < -0.3 is 9.47 Å². The highest BCUT2D eigenvalue weighted by atomic mass is 32.1. The van der Waals surface area contributed by atoms with Gasteiger partial charge in [0, 0.05) is 16.6 Å². The second kappa shape index (κ2) is 7.06. The van der Waals surface area contributed by atoms with Crippen molar-refractivity contribution in [1.82, 2.24) is 9.38 Å². The number of aldehydes is 1. The van der Waals surface area contributed by atoms with E-state index in [9.17, 15) is 9.59 Å². The fourth-order valence-corrected chi connectivity index (χ4v) is 3.63. The Morgan fingerprint density at radius 2 is 2.20 bits per heavy atom. The van der Waals surface area contributed by atoms with Crippen LogP contribution >= 0.6 is 11.3 Å². The van der Waals surface area contributed by atoms with Gasteiger partial charge in [-0.2, -0.15) is 0 Å². The number of nitrogens with zero attached hydrogens (tertiary/aromatic N) is 2. The Bertz CT molecular complexity index is 942. The van der Waals surface area contributed by atoms with Crippen molar-refractivity contribution < 1.29 is 19.1 Å². The maximum atomic E-state index is 11.7. The van der Waals surface area contributed by atoms with Crippen LogP contribution in [0.15, 0.2) is 24.4 Å². The average molecular weight is 358 g/mol. The number of carbonyl (C=O) groups excluding carboxylic acids is 2. The molecule has 0 saturated heterocycles. The summed E-state index contributed by atoms with van der Waals surface area (Å²) in [6.45, 7) is 4.09. The van der Waals surface area contributed by atoms with Crippen LogP contribution in [0.25, 0.3) is 16.2 Å². The lowest BCUT2D eigenvalue weighted by atomic mass is 10.1. The number of thiazole rings is 1. The molecule has 0 radical (unpaired) electrons. The van der Waals surface area contributed by atoms with E-state index in [-0.39, 0.29) is 12.4 Å². The molecule has 7 heteroatoms. The Kier molecular flexibility index (Phi) is 4.85. The van der Waals surface area contributed by atoms with E-state index < -0.39 is 0 Å². The summed E-state index contributed by atoms with van der Waals surface area (Å²) in [4.78, 5) is 29.4. The summed E-state index contributed by atoms with van der Waals surface area (Å²) in [6.07, 6.45) is 2.71. The number of carbonyl (C=O) groups is 2. The molecule has 0 amide bonds. The van der Waals surface area contributed by atoms with E-state index in [0.29, 0.717) is 28.7 Å². The van der Waals surface area contributed by atoms with E-state index in [1.54, 1.807) is 24.6 Å². The second-order valence-electron chi connectivity index (χ2n) is 5.50. The number of rotatable bonds is 6. The maximum Gasteiger partial charge on any atom is 0.311 e. The maximum absolute atomic E-state index is 11.7. The third-order valence-corrected chi connectivity index (χ3v) is 4.74. The summed E-state index contributed by atoms with van der Waals surface area (Å²) in [5.41, 5.74) is 2.83. The van der Waals surface area contributed by atoms with Crippen LogP contribution in [0.3, 0.4) is 0 Å². The quantitative estimate of drug-likeness (QED) is 0.499. The Labute approximate surface area is 149 Å². The number of fused-ring (bicyclic) bond motifs is 1. The Morgan fingerprint density at radius 1 is 1.40 bits per heavy atom. The van der Waals surface area contributed by atoms with E-state index in [0.717, 1.165) is 22.3 Å². The van der Waals surface area contributed by atoms with Gasteiger partial charge in [0.25, 0.3) is 0 Å². The van der Waals surface area contributed by atoms with Gasteiger partial charge in [-0.05, 0) is 26.0 Å². The molecule has 130 valence electrons. The average Bonchev–Trinajstić information content (AvgIpc) is 3.11. The van der Waals surface area contributed by atoms with Gasteiger partial charge in [0.2, 0.25) is 0 Å². The number of hydrogen-bond donors (Lipinski definition) is 0. The van der Waals surface area contributed by atoms with Gasteiger partial charge in [0.05, 0.1) is 20.1 Å². The number of imidazole rings is 1. The lowest BCUT2D eigenvalue weighted by Gasteiger charge is -2.08. The van der Waals surface area contributed by atoms with E-state index >= 15 is 0 Å². The van der Waals surface area contributed by atoms with Gasteiger partial charge in [0.1, 0.15) is 17.1 Å². The van der Waals surface area contributed by atoms with E-state index in [2.05, 4.69) is 4.98 Å². The smallest absolute Gasteiger partial charge is 0.311 e. The molecule has 0 fully saturated rings. The second-order valence-corrected chi connectivity index (χ2v) is 6.59. The Hall–Kier alpha value is -2.67. The van der Waals surface area contributed by atoms with Crippen LogP contribution in [0, 0.1) is 6.92 Å². The molecule has 0 saturated carbocycles. The third-order valence-electron chi connectivity index (χ3n) is 3.76. The number of benzene rings is 1. The molecule has 0 aliphatic carbocycles. The Morgan fingerprint density at radius 3 is 2.88 bits per heavy atom. The first-order chi connectivity index (χ1) is 12.1. The van der Waals surface area contributed by atoms with Crippen molar-refractivity contribution in [2.24, 2.45) is 0 Å². The van der Waals surface area contributed by atoms with Crippen molar-refractivity contribution in [3.63, 3.8) is 0 Å². The van der Waals surface area contributed by atoms with Crippen molar-refractivity contribution in [2.45, 2.75) is 20.3 Å². The summed E-state index contributed by atoms with van der Waals surface area (Å²) < 4.78 is 12.1. The topological polar surface area (TPSA) is 69.9 Å². The first kappa shape index (κ1) is 17.2. The molecule has 2 heterocycles. The number of methoxy groups -OCH3 is 1. The molecule has 0 bridgehead atoms. The fraction of sp³-hybridized carbons (Fsp3) is 0.278. The normalized spacial score (nSPS) is 10.8. The third kappa shape index (κ3) is 3.28. The zero-order valence-electron chi connectivity index (χ0n) is 14.2. The molecule has 0 spiro atoms. The largest absolute Gasteiger partial charge is 0.496 e. The molecular weight excluding hydrogens is 340 g/mol. The molecule has 3 aromatic rings. The molecule has 1 aromatic carbocycles.